The number of hydrogen-bond acceptors (Lipinski definition) is 3. The van der Waals surface area contributed by atoms with Gasteiger partial charge < -0.3 is 9.72 Å². The molecule has 0 atom stereocenters. The number of H-pyrrole nitrogens is 1. The summed E-state index contributed by atoms with van der Waals surface area (Å²) in [5, 5.41) is 0.698. The van der Waals surface area contributed by atoms with Crippen LogP contribution in [0.15, 0.2) is 47.5 Å². The normalized spacial score (nSPS) is 18.0. The molecule has 5 rings (SSSR count). The predicted molar refractivity (Wildman–Crippen MR) is 117 cm³/mol. The van der Waals surface area contributed by atoms with Gasteiger partial charge >= 0.3 is 0 Å². The van der Waals surface area contributed by atoms with E-state index in [9.17, 15) is 13.6 Å². The third-order valence-electron chi connectivity index (χ3n) is 6.94. The van der Waals surface area contributed by atoms with Crippen LogP contribution in [0, 0.1) is 17.0 Å². The molecule has 0 unspecified atom stereocenters. The Morgan fingerprint density at radius 3 is 2.52 bits per heavy atom. The van der Waals surface area contributed by atoms with Gasteiger partial charge in [0.2, 0.25) is 5.82 Å². The maximum Gasteiger partial charge on any atom is 0.200 e. The number of nitrogens with zero attached hydrogens (tertiary/aromatic N) is 1. The zero-order valence-electron chi connectivity index (χ0n) is 17.8. The van der Waals surface area contributed by atoms with E-state index in [1.54, 1.807) is 18.5 Å². The second kappa shape index (κ2) is 9.16. The number of ether oxygens (including phenoxy) is 1. The Morgan fingerprint density at radius 2 is 1.84 bits per heavy atom. The van der Waals surface area contributed by atoms with Gasteiger partial charge in [-0.05, 0) is 68.1 Å². The molecule has 1 N–H and O–H groups in total. The summed E-state index contributed by atoms with van der Waals surface area (Å²) in [5.41, 5.74) is 2.81. The largest absolute Gasteiger partial charge is 0.494 e. The van der Waals surface area contributed by atoms with Crippen LogP contribution < -0.4 is 10.2 Å². The van der Waals surface area contributed by atoms with Gasteiger partial charge in [0.25, 0.3) is 0 Å². The molecule has 0 aliphatic heterocycles. The fourth-order valence-electron chi connectivity index (χ4n) is 5.14. The van der Waals surface area contributed by atoms with Gasteiger partial charge in [0, 0.05) is 24.2 Å². The van der Waals surface area contributed by atoms with Crippen LogP contribution in [-0.2, 0) is 0 Å². The lowest BCUT2D eigenvalue weighted by Crippen LogP contribution is -2.24. The molecule has 164 valence electrons. The van der Waals surface area contributed by atoms with Gasteiger partial charge in [-0.15, -0.1) is 0 Å². The summed E-state index contributed by atoms with van der Waals surface area (Å²) in [6, 6.07) is 7.50. The van der Waals surface area contributed by atoms with Crippen LogP contribution >= 0.6 is 0 Å². The van der Waals surface area contributed by atoms with Crippen LogP contribution in [0.2, 0.25) is 0 Å². The first-order valence-electron chi connectivity index (χ1n) is 11.0. The molecular formula is C25H28F2N2O2. The quantitative estimate of drug-likeness (QED) is 0.537. The summed E-state index contributed by atoms with van der Waals surface area (Å²) in [6.45, 7) is 0. The van der Waals surface area contributed by atoms with E-state index in [4.69, 9.17) is 0 Å². The van der Waals surface area contributed by atoms with Crippen molar-refractivity contribution >= 4 is 10.9 Å². The van der Waals surface area contributed by atoms with Gasteiger partial charge in [-0.2, -0.15) is 4.39 Å². The average molecular weight is 427 g/mol. The highest BCUT2D eigenvalue weighted by Crippen LogP contribution is 2.51. The minimum Gasteiger partial charge on any atom is -0.494 e. The van der Waals surface area contributed by atoms with Gasteiger partial charge in [-0.3, -0.25) is 9.78 Å². The summed E-state index contributed by atoms with van der Waals surface area (Å²) in [4.78, 5) is 19.8. The van der Waals surface area contributed by atoms with E-state index in [1.807, 2.05) is 6.07 Å². The zero-order valence-corrected chi connectivity index (χ0v) is 17.8. The monoisotopic (exact) mass is 426 g/mol. The maximum atomic E-state index is 12.5. The molecule has 6 heteroatoms. The third-order valence-corrected chi connectivity index (χ3v) is 6.94. The number of rotatable bonds is 2. The number of halogens is 2. The van der Waals surface area contributed by atoms with Crippen LogP contribution in [0.25, 0.3) is 10.9 Å². The molecule has 2 fully saturated rings. The fourth-order valence-corrected chi connectivity index (χ4v) is 5.14. The SMILES string of the molecule is COc1cccc(F)c1F.O=c1cc(C2CCC3(CCCC3)CC2)[nH]c2ccncc12. The van der Waals surface area contributed by atoms with Crippen molar-refractivity contribution in [2.45, 2.75) is 57.3 Å². The zero-order chi connectivity index (χ0) is 21.8. The number of hydrogen-bond donors (Lipinski definition) is 1. The molecule has 2 heterocycles. The number of pyridine rings is 2. The minimum absolute atomic E-state index is 0.0694. The summed E-state index contributed by atoms with van der Waals surface area (Å²) < 4.78 is 29.3. The Morgan fingerprint density at radius 1 is 1.10 bits per heavy atom. The molecule has 2 saturated carbocycles. The Kier molecular flexibility index (Phi) is 6.35. The first-order chi connectivity index (χ1) is 15.0. The molecule has 0 bridgehead atoms. The molecule has 2 aromatic heterocycles. The minimum atomic E-state index is -0.940. The van der Waals surface area contributed by atoms with Crippen molar-refractivity contribution in [3.05, 3.63) is 70.3 Å². The maximum absolute atomic E-state index is 12.5. The topological polar surface area (TPSA) is 55.0 Å². The Labute approximate surface area is 180 Å². The highest BCUT2D eigenvalue weighted by molar-refractivity contribution is 5.77. The van der Waals surface area contributed by atoms with E-state index in [0.29, 0.717) is 16.7 Å². The second-order valence-corrected chi connectivity index (χ2v) is 8.75. The predicted octanol–water partition coefficient (Wildman–Crippen LogP) is 6.11. The standard InChI is InChI=1S/C18H22N2O.C7H6F2O/c21-17-11-16(20-15-5-10-19-12-14(15)17)13-3-8-18(9-4-13)6-1-2-7-18;1-10-6-4-2-3-5(8)7(6)9/h5,10-13H,1-4,6-9H2,(H,20,21);2-4H,1H3. The molecule has 0 saturated heterocycles. The van der Waals surface area contributed by atoms with Gasteiger partial charge in [0.05, 0.1) is 18.0 Å². The molecule has 0 amide bonds. The number of aromatic nitrogens is 2. The lowest BCUT2D eigenvalue weighted by molar-refractivity contribution is 0.180. The Balaban J connectivity index is 0.000000196. The van der Waals surface area contributed by atoms with Crippen molar-refractivity contribution in [2.24, 2.45) is 5.41 Å². The molecule has 1 spiro atoms. The number of methoxy groups -OCH3 is 1. The molecule has 3 aromatic rings. The number of benzene rings is 1. The van der Waals surface area contributed by atoms with Gasteiger partial charge in [0.15, 0.2) is 17.0 Å². The second-order valence-electron chi connectivity index (χ2n) is 8.75. The lowest BCUT2D eigenvalue weighted by atomic mass is 9.69. The van der Waals surface area contributed by atoms with E-state index in [2.05, 4.69) is 14.7 Å². The third kappa shape index (κ3) is 4.63. The highest BCUT2D eigenvalue weighted by Gasteiger charge is 2.38. The van der Waals surface area contributed by atoms with E-state index in [-0.39, 0.29) is 11.2 Å². The van der Waals surface area contributed by atoms with Crippen LogP contribution in [-0.4, -0.2) is 17.1 Å². The van der Waals surface area contributed by atoms with E-state index >= 15 is 0 Å². The van der Waals surface area contributed by atoms with E-state index in [0.717, 1.165) is 17.3 Å². The van der Waals surface area contributed by atoms with Crippen molar-refractivity contribution < 1.29 is 13.5 Å². The smallest absolute Gasteiger partial charge is 0.200 e. The van der Waals surface area contributed by atoms with Crippen LogP contribution in [0.3, 0.4) is 0 Å². The summed E-state index contributed by atoms with van der Waals surface area (Å²) >= 11 is 0. The van der Waals surface area contributed by atoms with Crippen molar-refractivity contribution in [3.8, 4) is 5.75 Å². The average Bonchev–Trinajstić information content (AvgIpc) is 3.24. The number of aromatic amines is 1. The van der Waals surface area contributed by atoms with Crippen LogP contribution in [0.4, 0.5) is 8.78 Å². The van der Waals surface area contributed by atoms with Crippen molar-refractivity contribution in [3.63, 3.8) is 0 Å². The highest BCUT2D eigenvalue weighted by atomic mass is 19.2. The summed E-state index contributed by atoms with van der Waals surface area (Å²) in [6.07, 6.45) is 14.2. The molecule has 4 nitrogen and oxygen atoms in total. The number of nitrogens with one attached hydrogen (secondary N) is 1. The lowest BCUT2D eigenvalue weighted by Gasteiger charge is -2.37. The Hall–Kier alpha value is -2.76. The molecular weight excluding hydrogens is 398 g/mol. The van der Waals surface area contributed by atoms with Crippen LogP contribution in [0.5, 0.6) is 5.75 Å². The van der Waals surface area contributed by atoms with Crippen molar-refractivity contribution in [1.29, 1.82) is 0 Å². The Bertz CT molecular complexity index is 1100. The van der Waals surface area contributed by atoms with E-state index in [1.165, 1.54) is 70.6 Å². The van der Waals surface area contributed by atoms with Gasteiger partial charge in [0.1, 0.15) is 0 Å². The van der Waals surface area contributed by atoms with Crippen molar-refractivity contribution in [2.75, 3.05) is 7.11 Å². The molecule has 2 aliphatic carbocycles. The molecule has 31 heavy (non-hydrogen) atoms. The summed E-state index contributed by atoms with van der Waals surface area (Å²) in [7, 11) is 1.29. The first kappa shape index (κ1) is 21.5. The van der Waals surface area contributed by atoms with Gasteiger partial charge in [-0.1, -0.05) is 18.9 Å². The molecule has 0 radical (unpaired) electrons. The number of fused-ring (bicyclic) bond motifs is 1. The van der Waals surface area contributed by atoms with E-state index < -0.39 is 11.6 Å². The molecule has 2 aliphatic rings. The van der Waals surface area contributed by atoms with Crippen molar-refractivity contribution in [1.82, 2.24) is 9.97 Å². The summed E-state index contributed by atoms with van der Waals surface area (Å²) in [5.74, 6) is -1.37. The van der Waals surface area contributed by atoms with Gasteiger partial charge in [-0.25, -0.2) is 4.39 Å². The van der Waals surface area contributed by atoms with Crippen LogP contribution in [0.1, 0.15) is 63.0 Å². The fraction of sp³-hybridized carbons (Fsp3) is 0.440. The first-order valence-corrected chi connectivity index (χ1v) is 11.0. The molecule has 1 aromatic carbocycles.